The van der Waals surface area contributed by atoms with Gasteiger partial charge in [0.25, 0.3) is 0 Å². The van der Waals surface area contributed by atoms with Crippen molar-refractivity contribution >= 4 is 11.3 Å². The molecular formula is C17H28N2S. The number of likely N-dealkylation sites (tertiary alicyclic amines) is 1. The first-order valence-corrected chi connectivity index (χ1v) is 9.14. The maximum atomic E-state index is 3.62. The van der Waals surface area contributed by atoms with Gasteiger partial charge in [0.2, 0.25) is 0 Å². The number of hydrogen-bond acceptors (Lipinski definition) is 3. The smallest absolute Gasteiger partial charge is 0.0300 e. The highest BCUT2D eigenvalue weighted by Crippen LogP contribution is 2.35. The molecule has 1 aromatic heterocycles. The Morgan fingerprint density at radius 2 is 2.05 bits per heavy atom. The van der Waals surface area contributed by atoms with Crippen LogP contribution in [0.1, 0.15) is 48.3 Å². The molecule has 1 aliphatic heterocycles. The standard InChI is InChI=1S/C17H28N2S/c1-14-8-9-16(20-14)13-18-10-12-19-11-4-7-17(19)15-5-2-3-6-15/h8-9,15,17-18H,2-7,10-13H2,1H3. The zero-order valence-corrected chi connectivity index (χ0v) is 13.6. The fraction of sp³-hybridized carbons (Fsp3) is 0.765. The number of rotatable bonds is 6. The molecule has 1 atom stereocenters. The second-order valence-corrected chi connectivity index (χ2v) is 7.85. The fourth-order valence-electron chi connectivity index (χ4n) is 4.02. The van der Waals surface area contributed by atoms with E-state index in [0.29, 0.717) is 0 Å². The highest BCUT2D eigenvalue weighted by atomic mass is 32.1. The van der Waals surface area contributed by atoms with Crippen LogP contribution in [-0.2, 0) is 6.54 Å². The summed E-state index contributed by atoms with van der Waals surface area (Å²) in [6, 6.07) is 5.38. The minimum absolute atomic E-state index is 0.906. The third-order valence-corrected chi connectivity index (χ3v) is 6.03. The van der Waals surface area contributed by atoms with Gasteiger partial charge in [-0.2, -0.15) is 0 Å². The summed E-state index contributed by atoms with van der Waals surface area (Å²) in [5.74, 6) is 1.01. The molecule has 20 heavy (non-hydrogen) atoms. The maximum Gasteiger partial charge on any atom is 0.0300 e. The Morgan fingerprint density at radius 3 is 2.80 bits per heavy atom. The van der Waals surface area contributed by atoms with Crippen LogP contribution in [0.5, 0.6) is 0 Å². The van der Waals surface area contributed by atoms with E-state index in [-0.39, 0.29) is 0 Å². The third-order valence-electron chi connectivity index (χ3n) is 5.03. The first-order valence-electron chi connectivity index (χ1n) is 8.33. The molecule has 2 aliphatic rings. The van der Waals surface area contributed by atoms with Gasteiger partial charge in [-0.15, -0.1) is 11.3 Å². The lowest BCUT2D eigenvalue weighted by atomic mass is 9.96. The average molecular weight is 292 g/mol. The molecule has 1 saturated heterocycles. The molecule has 1 aliphatic carbocycles. The van der Waals surface area contributed by atoms with E-state index in [1.807, 2.05) is 11.3 Å². The van der Waals surface area contributed by atoms with Crippen molar-refractivity contribution in [3.63, 3.8) is 0 Å². The summed E-state index contributed by atoms with van der Waals surface area (Å²) in [6.45, 7) is 6.94. The first kappa shape index (κ1) is 14.6. The fourth-order valence-corrected chi connectivity index (χ4v) is 4.88. The van der Waals surface area contributed by atoms with Crippen molar-refractivity contribution in [2.75, 3.05) is 19.6 Å². The molecule has 3 rings (SSSR count). The van der Waals surface area contributed by atoms with Crippen LogP contribution in [0.15, 0.2) is 12.1 Å². The zero-order chi connectivity index (χ0) is 13.8. The Morgan fingerprint density at radius 1 is 1.20 bits per heavy atom. The topological polar surface area (TPSA) is 15.3 Å². The average Bonchev–Trinajstić information content (AvgIpc) is 3.16. The van der Waals surface area contributed by atoms with E-state index in [1.165, 1.54) is 61.4 Å². The van der Waals surface area contributed by atoms with E-state index in [0.717, 1.165) is 25.0 Å². The van der Waals surface area contributed by atoms with Crippen LogP contribution < -0.4 is 5.32 Å². The Labute approximate surface area is 127 Å². The summed E-state index contributed by atoms with van der Waals surface area (Å²) in [4.78, 5) is 5.65. The molecule has 0 radical (unpaired) electrons. The van der Waals surface area contributed by atoms with E-state index in [2.05, 4.69) is 29.3 Å². The first-order chi connectivity index (χ1) is 9.83. The summed E-state index contributed by atoms with van der Waals surface area (Å²) >= 11 is 1.92. The van der Waals surface area contributed by atoms with Crippen LogP contribution in [0.3, 0.4) is 0 Å². The molecule has 1 N–H and O–H groups in total. The summed E-state index contributed by atoms with van der Waals surface area (Å²) in [6.07, 6.45) is 8.81. The zero-order valence-electron chi connectivity index (χ0n) is 12.7. The Hall–Kier alpha value is -0.380. The molecule has 1 aromatic rings. The predicted octanol–water partition coefficient (Wildman–Crippen LogP) is 3.80. The Kier molecular flexibility index (Phi) is 5.14. The monoisotopic (exact) mass is 292 g/mol. The molecule has 1 saturated carbocycles. The second-order valence-electron chi connectivity index (χ2n) is 6.48. The lowest BCUT2D eigenvalue weighted by Crippen LogP contribution is -2.39. The molecule has 2 nitrogen and oxygen atoms in total. The van der Waals surface area contributed by atoms with Gasteiger partial charge in [-0.1, -0.05) is 12.8 Å². The minimum Gasteiger partial charge on any atom is -0.311 e. The predicted molar refractivity (Wildman–Crippen MR) is 87.3 cm³/mol. The number of hydrogen-bond donors (Lipinski definition) is 1. The summed E-state index contributed by atoms with van der Waals surface area (Å²) < 4.78 is 0. The van der Waals surface area contributed by atoms with Crippen molar-refractivity contribution in [3.8, 4) is 0 Å². The Bertz CT molecular complexity index is 409. The van der Waals surface area contributed by atoms with Crippen molar-refractivity contribution < 1.29 is 0 Å². The van der Waals surface area contributed by atoms with E-state index >= 15 is 0 Å². The largest absolute Gasteiger partial charge is 0.311 e. The minimum atomic E-state index is 0.906. The van der Waals surface area contributed by atoms with Gasteiger partial charge in [0, 0.05) is 35.4 Å². The number of nitrogens with one attached hydrogen (secondary N) is 1. The highest BCUT2D eigenvalue weighted by Gasteiger charge is 2.32. The maximum absolute atomic E-state index is 3.62. The molecule has 1 unspecified atom stereocenters. The van der Waals surface area contributed by atoms with Crippen molar-refractivity contribution in [2.45, 2.75) is 58.0 Å². The van der Waals surface area contributed by atoms with Gasteiger partial charge in [0.1, 0.15) is 0 Å². The molecule has 2 heterocycles. The number of thiophene rings is 1. The molecule has 0 aromatic carbocycles. The molecule has 2 fully saturated rings. The lowest BCUT2D eigenvalue weighted by molar-refractivity contribution is 0.191. The van der Waals surface area contributed by atoms with Gasteiger partial charge in [-0.05, 0) is 57.2 Å². The molecular weight excluding hydrogens is 264 g/mol. The van der Waals surface area contributed by atoms with Crippen LogP contribution in [0.2, 0.25) is 0 Å². The molecule has 0 bridgehead atoms. The van der Waals surface area contributed by atoms with Crippen LogP contribution >= 0.6 is 11.3 Å². The normalized spacial score (nSPS) is 24.8. The Balaban J connectivity index is 1.39. The molecule has 0 amide bonds. The van der Waals surface area contributed by atoms with Gasteiger partial charge in [-0.3, -0.25) is 4.90 Å². The number of aryl methyl sites for hydroxylation is 1. The van der Waals surface area contributed by atoms with E-state index in [9.17, 15) is 0 Å². The van der Waals surface area contributed by atoms with Crippen molar-refractivity contribution in [1.29, 1.82) is 0 Å². The third kappa shape index (κ3) is 3.63. The van der Waals surface area contributed by atoms with Crippen LogP contribution in [0.4, 0.5) is 0 Å². The van der Waals surface area contributed by atoms with Gasteiger partial charge >= 0.3 is 0 Å². The molecule has 0 spiro atoms. The van der Waals surface area contributed by atoms with Gasteiger partial charge < -0.3 is 5.32 Å². The molecule has 112 valence electrons. The second kappa shape index (κ2) is 7.06. The van der Waals surface area contributed by atoms with Crippen molar-refractivity contribution in [2.24, 2.45) is 5.92 Å². The van der Waals surface area contributed by atoms with E-state index in [4.69, 9.17) is 0 Å². The summed E-state index contributed by atoms with van der Waals surface area (Å²) in [5, 5.41) is 3.62. The summed E-state index contributed by atoms with van der Waals surface area (Å²) in [5.41, 5.74) is 0. The van der Waals surface area contributed by atoms with E-state index in [1.54, 1.807) is 0 Å². The number of nitrogens with zero attached hydrogens (tertiary/aromatic N) is 1. The van der Waals surface area contributed by atoms with Crippen LogP contribution in [0, 0.1) is 12.8 Å². The van der Waals surface area contributed by atoms with Gasteiger partial charge in [-0.25, -0.2) is 0 Å². The van der Waals surface area contributed by atoms with Crippen molar-refractivity contribution in [3.05, 3.63) is 21.9 Å². The van der Waals surface area contributed by atoms with Crippen LogP contribution in [-0.4, -0.2) is 30.6 Å². The van der Waals surface area contributed by atoms with Crippen LogP contribution in [0.25, 0.3) is 0 Å². The highest BCUT2D eigenvalue weighted by molar-refractivity contribution is 7.11. The van der Waals surface area contributed by atoms with Gasteiger partial charge in [0.05, 0.1) is 0 Å². The quantitative estimate of drug-likeness (QED) is 0.802. The lowest BCUT2D eigenvalue weighted by Gasteiger charge is -2.29. The van der Waals surface area contributed by atoms with Gasteiger partial charge in [0.15, 0.2) is 0 Å². The SMILES string of the molecule is Cc1ccc(CNCCN2CCCC2C2CCCC2)s1. The summed E-state index contributed by atoms with van der Waals surface area (Å²) in [7, 11) is 0. The van der Waals surface area contributed by atoms with E-state index < -0.39 is 0 Å². The molecule has 3 heteroatoms. The van der Waals surface area contributed by atoms with Crippen molar-refractivity contribution in [1.82, 2.24) is 10.2 Å².